The molecule has 4 rings (SSSR count). The molecule has 0 spiro atoms. The van der Waals surface area contributed by atoms with Crippen molar-refractivity contribution in [1.29, 1.82) is 0 Å². The van der Waals surface area contributed by atoms with Crippen LogP contribution in [-0.4, -0.2) is 53.1 Å². The van der Waals surface area contributed by atoms with E-state index < -0.39 is 17.8 Å². The highest BCUT2D eigenvalue weighted by atomic mass is 35.5. The molecule has 31 heavy (non-hydrogen) atoms. The molecule has 0 radical (unpaired) electrons. The molecule has 2 aliphatic heterocycles. The first kappa shape index (κ1) is 21.3. The van der Waals surface area contributed by atoms with E-state index in [1.54, 1.807) is 11.1 Å². The number of likely N-dealkylation sites (tertiary alicyclic amines) is 1. The lowest BCUT2D eigenvalue weighted by Crippen LogP contribution is -2.33. The molecule has 2 N–H and O–H groups in total. The number of rotatable bonds is 6. The van der Waals surface area contributed by atoms with E-state index in [9.17, 15) is 19.1 Å². The van der Waals surface area contributed by atoms with Crippen LogP contribution in [0.2, 0.25) is 5.02 Å². The van der Waals surface area contributed by atoms with E-state index in [4.69, 9.17) is 11.6 Å². The molecular formula is C23H23ClFN3O3. The number of carbonyl (C=O) groups excluding carboxylic acids is 1. The second kappa shape index (κ2) is 9.08. The maximum Gasteiger partial charge on any atom is 0.405 e. The van der Waals surface area contributed by atoms with Gasteiger partial charge in [-0.05, 0) is 29.7 Å². The van der Waals surface area contributed by atoms with E-state index in [2.05, 4.69) is 10.2 Å². The van der Waals surface area contributed by atoms with Gasteiger partial charge < -0.3 is 15.3 Å². The number of carbonyl (C=O) groups is 2. The lowest BCUT2D eigenvalue weighted by Gasteiger charge is -2.23. The van der Waals surface area contributed by atoms with Crippen molar-refractivity contribution >= 4 is 23.6 Å². The van der Waals surface area contributed by atoms with Crippen LogP contribution in [0.15, 0.2) is 60.3 Å². The second-order valence-electron chi connectivity index (χ2n) is 7.89. The van der Waals surface area contributed by atoms with Crippen molar-refractivity contribution in [3.05, 3.63) is 82.3 Å². The highest BCUT2D eigenvalue weighted by Gasteiger charge is 2.36. The van der Waals surface area contributed by atoms with Gasteiger partial charge in [-0.3, -0.25) is 9.69 Å². The highest BCUT2D eigenvalue weighted by molar-refractivity contribution is 6.33. The number of fused-ring (bicyclic) bond motifs is 1. The summed E-state index contributed by atoms with van der Waals surface area (Å²) in [5.41, 5.74) is 1.97. The molecule has 162 valence electrons. The van der Waals surface area contributed by atoms with Gasteiger partial charge in [0.2, 0.25) is 0 Å². The van der Waals surface area contributed by atoms with Crippen LogP contribution in [0, 0.1) is 11.7 Å². The minimum Gasteiger partial charge on any atom is -0.465 e. The molecule has 1 unspecified atom stereocenters. The van der Waals surface area contributed by atoms with Gasteiger partial charge in [0, 0.05) is 38.3 Å². The molecule has 2 aromatic carbocycles. The van der Waals surface area contributed by atoms with Crippen molar-refractivity contribution in [3.8, 4) is 0 Å². The first-order valence-electron chi connectivity index (χ1n) is 10.1. The lowest BCUT2D eigenvalue weighted by molar-refractivity contribution is 0.0816. The molecule has 0 aliphatic carbocycles. The fourth-order valence-electron chi connectivity index (χ4n) is 4.32. The topological polar surface area (TPSA) is 72.9 Å². The van der Waals surface area contributed by atoms with Crippen LogP contribution < -0.4 is 5.32 Å². The average molecular weight is 444 g/mol. The minimum absolute atomic E-state index is 0.0942. The van der Waals surface area contributed by atoms with Crippen molar-refractivity contribution in [2.24, 2.45) is 5.92 Å². The van der Waals surface area contributed by atoms with Crippen molar-refractivity contribution in [2.45, 2.75) is 12.5 Å². The minimum atomic E-state index is -1.05. The Morgan fingerprint density at radius 3 is 2.61 bits per heavy atom. The summed E-state index contributed by atoms with van der Waals surface area (Å²) in [6.07, 6.45) is 1.40. The Balaban J connectivity index is 1.38. The summed E-state index contributed by atoms with van der Waals surface area (Å²) >= 11 is 6.04. The number of nitrogens with zero attached hydrogens (tertiary/aromatic N) is 2. The molecule has 2 heterocycles. The fraction of sp³-hybridized carbons (Fsp3) is 0.304. The second-order valence-corrected chi connectivity index (χ2v) is 8.30. The third-order valence-corrected chi connectivity index (χ3v) is 6.13. The molecule has 0 aromatic heterocycles. The van der Waals surface area contributed by atoms with Gasteiger partial charge in [0.05, 0.1) is 16.6 Å². The zero-order chi connectivity index (χ0) is 22.0. The molecule has 0 bridgehead atoms. The summed E-state index contributed by atoms with van der Waals surface area (Å²) in [4.78, 5) is 27.8. The summed E-state index contributed by atoms with van der Waals surface area (Å²) in [5.74, 6) is -0.851. The highest BCUT2D eigenvalue weighted by Crippen LogP contribution is 2.32. The van der Waals surface area contributed by atoms with Crippen LogP contribution in [0.1, 0.15) is 28.4 Å². The molecule has 2 amide bonds. The largest absolute Gasteiger partial charge is 0.465 e. The Morgan fingerprint density at radius 1 is 1.16 bits per heavy atom. The first-order chi connectivity index (χ1) is 14.9. The first-order valence-corrected chi connectivity index (χ1v) is 10.5. The Bertz CT molecular complexity index is 994. The van der Waals surface area contributed by atoms with Gasteiger partial charge in [-0.1, -0.05) is 48.0 Å². The average Bonchev–Trinajstić information content (AvgIpc) is 3.30. The van der Waals surface area contributed by atoms with Gasteiger partial charge >= 0.3 is 6.09 Å². The van der Waals surface area contributed by atoms with Crippen molar-refractivity contribution in [3.63, 3.8) is 0 Å². The van der Waals surface area contributed by atoms with E-state index in [1.165, 1.54) is 18.2 Å². The SMILES string of the molecule is O=C(O)N[C@@H](CCN1CC2=CN(C(=O)c3c(F)cccc3Cl)CC2C1)c1ccccc1. The van der Waals surface area contributed by atoms with Crippen LogP contribution in [0.25, 0.3) is 0 Å². The molecule has 1 fully saturated rings. The number of benzene rings is 2. The fourth-order valence-corrected chi connectivity index (χ4v) is 4.56. The van der Waals surface area contributed by atoms with E-state index in [0.29, 0.717) is 19.5 Å². The van der Waals surface area contributed by atoms with Gasteiger partial charge in [-0.2, -0.15) is 0 Å². The lowest BCUT2D eigenvalue weighted by atomic mass is 10.0. The molecule has 6 nitrogen and oxygen atoms in total. The van der Waals surface area contributed by atoms with Crippen LogP contribution in [0.5, 0.6) is 0 Å². The zero-order valence-corrected chi connectivity index (χ0v) is 17.6. The molecule has 8 heteroatoms. The summed E-state index contributed by atoms with van der Waals surface area (Å²) in [7, 11) is 0. The van der Waals surface area contributed by atoms with Crippen LogP contribution in [0.4, 0.5) is 9.18 Å². The Morgan fingerprint density at radius 2 is 1.94 bits per heavy atom. The number of carboxylic acid groups (broad SMARTS) is 1. The van der Waals surface area contributed by atoms with Gasteiger partial charge in [0.15, 0.2) is 0 Å². The monoisotopic (exact) mass is 443 g/mol. The Hall–Kier alpha value is -2.90. The van der Waals surface area contributed by atoms with Gasteiger partial charge in [0.25, 0.3) is 5.91 Å². The third kappa shape index (κ3) is 4.73. The number of hydrogen-bond acceptors (Lipinski definition) is 3. The summed E-state index contributed by atoms with van der Waals surface area (Å²) < 4.78 is 14.1. The number of nitrogens with one attached hydrogen (secondary N) is 1. The normalized spacial score (nSPS) is 19.1. The van der Waals surface area contributed by atoms with Gasteiger partial charge in [-0.25, -0.2) is 9.18 Å². The maximum atomic E-state index is 14.1. The molecule has 2 atom stereocenters. The smallest absolute Gasteiger partial charge is 0.405 e. The molecule has 2 aromatic rings. The summed E-state index contributed by atoms with van der Waals surface area (Å²) in [6, 6.07) is 13.5. The number of halogens is 2. The van der Waals surface area contributed by atoms with Crippen LogP contribution >= 0.6 is 11.6 Å². The van der Waals surface area contributed by atoms with Gasteiger partial charge in [0.1, 0.15) is 5.82 Å². The van der Waals surface area contributed by atoms with Crippen LogP contribution in [-0.2, 0) is 0 Å². The molecular weight excluding hydrogens is 421 g/mol. The predicted octanol–water partition coefficient (Wildman–Crippen LogP) is 4.15. The molecule has 2 aliphatic rings. The summed E-state index contributed by atoms with van der Waals surface area (Å²) in [6.45, 7) is 2.69. The van der Waals surface area contributed by atoms with Gasteiger partial charge in [-0.15, -0.1) is 0 Å². The van der Waals surface area contributed by atoms with E-state index >= 15 is 0 Å². The van der Waals surface area contributed by atoms with Crippen LogP contribution in [0.3, 0.4) is 0 Å². The summed E-state index contributed by atoms with van der Waals surface area (Å²) in [5, 5.41) is 11.9. The van der Waals surface area contributed by atoms with Crippen molar-refractivity contribution in [1.82, 2.24) is 15.1 Å². The molecule has 1 saturated heterocycles. The molecule has 0 saturated carbocycles. The quantitative estimate of drug-likeness (QED) is 0.703. The maximum absolute atomic E-state index is 14.1. The van der Waals surface area contributed by atoms with E-state index in [-0.39, 0.29) is 22.5 Å². The third-order valence-electron chi connectivity index (χ3n) is 5.82. The van der Waals surface area contributed by atoms with Crippen molar-refractivity contribution in [2.75, 3.05) is 26.2 Å². The Kier molecular flexibility index (Phi) is 6.25. The standard InChI is InChI=1S/C23H23ClFN3O3/c24-18-7-4-8-19(25)21(18)22(29)28-13-16-11-27(12-17(16)14-28)10-9-20(26-23(30)31)15-5-2-1-3-6-15/h1-8,13,17,20,26H,9-12,14H2,(H,30,31)/t17?,20-/m0/s1. The predicted molar refractivity (Wildman–Crippen MR) is 115 cm³/mol. The van der Waals surface area contributed by atoms with E-state index in [0.717, 1.165) is 24.2 Å². The van der Waals surface area contributed by atoms with Crippen molar-refractivity contribution < 1.29 is 19.1 Å². The Labute approximate surface area is 184 Å². The zero-order valence-electron chi connectivity index (χ0n) is 16.8. The van der Waals surface area contributed by atoms with E-state index in [1.807, 2.05) is 30.3 Å². The number of hydrogen-bond donors (Lipinski definition) is 2. The number of amides is 2.